The molecule has 0 fully saturated rings. The van der Waals surface area contributed by atoms with E-state index in [2.05, 4.69) is 21.9 Å². The summed E-state index contributed by atoms with van der Waals surface area (Å²) >= 11 is 2.16. The van der Waals surface area contributed by atoms with Crippen molar-refractivity contribution in [3.63, 3.8) is 0 Å². The molecule has 0 rings (SSSR count). The van der Waals surface area contributed by atoms with Gasteiger partial charge in [-0.2, -0.15) is 8.78 Å². The average molecular weight is 269 g/mol. The highest BCUT2D eigenvalue weighted by Gasteiger charge is 2.24. The zero-order chi connectivity index (χ0) is 11.4. The van der Waals surface area contributed by atoms with Crippen LogP contribution in [0.25, 0.3) is 0 Å². The van der Waals surface area contributed by atoms with Crippen molar-refractivity contribution >= 4 is 15.9 Å². The summed E-state index contributed by atoms with van der Waals surface area (Å²) in [5.41, 5.74) is -0.200. The van der Waals surface area contributed by atoms with Crippen LogP contribution in [0.15, 0.2) is 0 Å². The lowest BCUT2D eigenvalue weighted by molar-refractivity contribution is 0.180. The Bertz CT molecular complexity index is 229. The van der Waals surface area contributed by atoms with Gasteiger partial charge in [-0.3, -0.25) is 0 Å². The average Bonchev–Trinajstić information content (AvgIpc) is 1.93. The van der Waals surface area contributed by atoms with Crippen LogP contribution in [-0.4, -0.2) is 16.5 Å². The van der Waals surface area contributed by atoms with Crippen LogP contribution >= 0.6 is 15.9 Å². The molecular formula is C10H15BrF2O. The number of rotatable bonds is 2. The molecule has 0 aromatic carbocycles. The molecule has 0 aromatic heterocycles. The number of hydrogen-bond acceptors (Lipinski definition) is 1. The van der Waals surface area contributed by atoms with E-state index in [1.54, 1.807) is 0 Å². The van der Waals surface area contributed by atoms with E-state index in [-0.39, 0.29) is 17.9 Å². The van der Waals surface area contributed by atoms with Crippen molar-refractivity contribution in [2.24, 2.45) is 11.3 Å². The van der Waals surface area contributed by atoms with Crippen molar-refractivity contribution in [2.45, 2.75) is 32.0 Å². The number of alkyl halides is 3. The molecule has 1 atom stereocenters. The largest absolute Gasteiger partial charge is 0.396 e. The zero-order valence-corrected chi connectivity index (χ0v) is 10.2. The Hall–Kier alpha value is -0.140. The van der Waals surface area contributed by atoms with E-state index < -0.39 is 4.83 Å². The van der Waals surface area contributed by atoms with Crippen LogP contribution in [0.5, 0.6) is 0 Å². The minimum atomic E-state index is -3.13. The van der Waals surface area contributed by atoms with Crippen molar-refractivity contribution in [3.8, 4) is 11.8 Å². The second-order valence-corrected chi connectivity index (χ2v) is 5.19. The summed E-state index contributed by atoms with van der Waals surface area (Å²) in [6, 6.07) is 0. The second-order valence-electron chi connectivity index (χ2n) is 4.20. The third kappa shape index (κ3) is 6.33. The normalized spacial score (nSPS) is 14.5. The third-order valence-electron chi connectivity index (χ3n) is 1.85. The summed E-state index contributed by atoms with van der Waals surface area (Å²) in [5.74, 6) is 4.10. The predicted molar refractivity (Wildman–Crippen MR) is 56.3 cm³/mol. The van der Waals surface area contributed by atoms with Crippen LogP contribution in [0.4, 0.5) is 8.78 Å². The number of halogens is 3. The molecule has 14 heavy (non-hydrogen) atoms. The fourth-order valence-electron chi connectivity index (χ4n) is 1.02. The molecule has 82 valence electrons. The van der Waals surface area contributed by atoms with Gasteiger partial charge < -0.3 is 5.11 Å². The van der Waals surface area contributed by atoms with Crippen molar-refractivity contribution in [1.29, 1.82) is 0 Å². The van der Waals surface area contributed by atoms with Gasteiger partial charge in [-0.15, -0.1) is 0 Å². The van der Waals surface area contributed by atoms with E-state index in [9.17, 15) is 8.78 Å². The SMILES string of the molecule is CC(C)(C)C(C#CC(F)(F)Br)CCO. The highest BCUT2D eigenvalue weighted by atomic mass is 79.9. The van der Waals surface area contributed by atoms with Crippen LogP contribution in [0, 0.1) is 23.2 Å². The Morgan fingerprint density at radius 1 is 1.36 bits per heavy atom. The number of aliphatic hydroxyl groups excluding tert-OH is 1. The molecule has 0 amide bonds. The molecule has 0 radical (unpaired) electrons. The first-order chi connectivity index (χ1) is 6.17. The molecule has 0 heterocycles. The van der Waals surface area contributed by atoms with Gasteiger partial charge in [0.25, 0.3) is 0 Å². The smallest absolute Gasteiger partial charge is 0.363 e. The molecule has 0 aromatic rings. The van der Waals surface area contributed by atoms with Crippen LogP contribution in [0.3, 0.4) is 0 Å². The summed E-state index contributed by atoms with van der Waals surface area (Å²) in [6.07, 6.45) is 0.416. The predicted octanol–water partition coefficient (Wildman–Crippen LogP) is 3.02. The quantitative estimate of drug-likeness (QED) is 0.603. The van der Waals surface area contributed by atoms with Gasteiger partial charge in [0.05, 0.1) is 0 Å². The molecule has 0 aliphatic rings. The standard InChI is InChI=1S/C10H15BrF2O/c1-9(2,3)8(5-7-14)4-6-10(11,12)13/h8,14H,5,7H2,1-3H3. The lowest BCUT2D eigenvalue weighted by Gasteiger charge is -2.25. The minimum absolute atomic E-state index is 0.0372. The van der Waals surface area contributed by atoms with Crippen molar-refractivity contribution in [1.82, 2.24) is 0 Å². The highest BCUT2D eigenvalue weighted by molar-refractivity contribution is 9.10. The van der Waals surface area contributed by atoms with Gasteiger partial charge in [0.1, 0.15) is 0 Å². The first kappa shape index (κ1) is 13.9. The van der Waals surface area contributed by atoms with Crippen molar-refractivity contribution in [2.75, 3.05) is 6.61 Å². The Morgan fingerprint density at radius 2 is 1.86 bits per heavy atom. The van der Waals surface area contributed by atoms with Gasteiger partial charge in [-0.1, -0.05) is 26.7 Å². The van der Waals surface area contributed by atoms with E-state index in [0.717, 1.165) is 0 Å². The monoisotopic (exact) mass is 268 g/mol. The maximum Gasteiger partial charge on any atom is 0.363 e. The summed E-state index contributed by atoms with van der Waals surface area (Å²) in [7, 11) is 0. The molecule has 0 aliphatic carbocycles. The molecular weight excluding hydrogens is 254 g/mol. The first-order valence-electron chi connectivity index (χ1n) is 4.37. The Kier molecular flexibility index (Phi) is 5.03. The van der Waals surface area contributed by atoms with Crippen molar-refractivity contribution in [3.05, 3.63) is 0 Å². The van der Waals surface area contributed by atoms with Gasteiger partial charge in [0.15, 0.2) is 0 Å². The molecule has 1 unspecified atom stereocenters. The van der Waals surface area contributed by atoms with Crippen LogP contribution in [0.2, 0.25) is 0 Å². The zero-order valence-electron chi connectivity index (χ0n) is 8.57. The topological polar surface area (TPSA) is 20.2 Å². The molecule has 0 saturated carbocycles. The van der Waals surface area contributed by atoms with Crippen LogP contribution in [0.1, 0.15) is 27.2 Å². The summed E-state index contributed by atoms with van der Waals surface area (Å²) in [6.45, 7) is 5.70. The minimum Gasteiger partial charge on any atom is -0.396 e. The lowest BCUT2D eigenvalue weighted by Crippen LogP contribution is -2.20. The molecule has 1 N–H and O–H groups in total. The molecule has 0 spiro atoms. The molecule has 0 aliphatic heterocycles. The van der Waals surface area contributed by atoms with Gasteiger partial charge >= 0.3 is 4.83 Å². The maximum absolute atomic E-state index is 12.4. The van der Waals surface area contributed by atoms with Crippen LogP contribution < -0.4 is 0 Å². The molecule has 1 nitrogen and oxygen atoms in total. The third-order valence-corrected chi connectivity index (χ3v) is 2.05. The molecule has 0 saturated heterocycles. The molecule has 4 heteroatoms. The number of aliphatic hydroxyl groups is 1. The Morgan fingerprint density at radius 3 is 2.14 bits per heavy atom. The van der Waals surface area contributed by atoms with Gasteiger partial charge in [0.2, 0.25) is 0 Å². The van der Waals surface area contributed by atoms with E-state index >= 15 is 0 Å². The number of hydrogen-bond donors (Lipinski definition) is 1. The van der Waals surface area contributed by atoms with E-state index in [1.165, 1.54) is 0 Å². The summed E-state index contributed by atoms with van der Waals surface area (Å²) < 4.78 is 24.8. The van der Waals surface area contributed by atoms with E-state index in [4.69, 9.17) is 5.11 Å². The lowest BCUT2D eigenvalue weighted by atomic mass is 9.79. The van der Waals surface area contributed by atoms with Crippen LogP contribution in [-0.2, 0) is 0 Å². The maximum atomic E-state index is 12.4. The van der Waals surface area contributed by atoms with Gasteiger partial charge in [-0.25, -0.2) is 0 Å². The first-order valence-corrected chi connectivity index (χ1v) is 5.16. The molecule has 0 bridgehead atoms. The summed E-state index contributed by atoms with van der Waals surface area (Å²) in [5, 5.41) is 8.76. The van der Waals surface area contributed by atoms with Gasteiger partial charge in [0, 0.05) is 28.5 Å². The fourth-order valence-corrected chi connectivity index (χ4v) is 1.13. The van der Waals surface area contributed by atoms with Crippen molar-refractivity contribution < 1.29 is 13.9 Å². The highest BCUT2D eigenvalue weighted by Crippen LogP contribution is 2.29. The Labute approximate surface area is 92.0 Å². The summed E-state index contributed by atoms with van der Waals surface area (Å²) in [4.78, 5) is -3.13. The Balaban J connectivity index is 4.59. The second kappa shape index (κ2) is 5.09. The van der Waals surface area contributed by atoms with E-state index in [0.29, 0.717) is 6.42 Å². The van der Waals surface area contributed by atoms with E-state index in [1.807, 2.05) is 26.7 Å². The fraction of sp³-hybridized carbons (Fsp3) is 0.800. The van der Waals surface area contributed by atoms with Gasteiger partial charge in [-0.05, 0) is 17.8 Å².